The standard InChI is InChI=1S/C18H28BFN2O5S.C12H16BrFN2O3S.2C6H14O2.B2/c1-17(2)18(3,4)27-19(26-17)14-11-15(20)13-16(12-14)21-28(23,24)10-7-22-5-8-25-9-6-22;13-10-7-11(14)9-12(8-10)15-20(17,18)6-3-16-1-4-19-5-2-16;2*1-5(2,7)6(3,4)8;1-2/h11-13,21H,5-10H2,1-4H3;7-9,15H,1-6H2;2*7-8H,1-4H3;. The third kappa shape index (κ3) is 22.7. The summed E-state index contributed by atoms with van der Waals surface area (Å²) in [6, 6.07) is 7.95. The first-order chi connectivity index (χ1) is 29.9. The number of ether oxygens (including phenoxy) is 2. The first-order valence-corrected chi connectivity index (χ1v) is 25.5. The topological polar surface area (TPSA) is 217 Å². The number of hydrogen-bond donors (Lipinski definition) is 6. The SMILES string of the molecule is CC(C)(O)C(C)(C)O.CC(C)(O)C(C)(C)O.CC1(C)OB(c2cc(F)cc(NS(=O)(=O)CCN3CCOCC3)c2)OC1(C)C.O=S(=O)(CCN1CCOCC1)Nc1cc(F)cc(Br)c1.[B][B]. The molecule has 0 bridgehead atoms. The summed E-state index contributed by atoms with van der Waals surface area (Å²) in [6.07, 6.45) is 0. The maximum Gasteiger partial charge on any atom is 0.495 e. The van der Waals surface area contributed by atoms with Gasteiger partial charge in [0.25, 0.3) is 0 Å². The molecular formula is C42H72B3BrF2N4O12S2. The zero-order chi connectivity index (χ0) is 51.2. The van der Waals surface area contributed by atoms with Crippen LogP contribution >= 0.6 is 15.9 Å². The van der Waals surface area contributed by atoms with Gasteiger partial charge in [0.2, 0.25) is 20.0 Å². The molecule has 3 aliphatic rings. The molecule has 3 saturated heterocycles. The zero-order valence-electron chi connectivity index (χ0n) is 40.6. The van der Waals surface area contributed by atoms with Crippen LogP contribution in [0.5, 0.6) is 0 Å². The second kappa shape index (κ2) is 25.8. The third-order valence-electron chi connectivity index (χ3n) is 11.4. The molecule has 2 aromatic carbocycles. The van der Waals surface area contributed by atoms with E-state index >= 15 is 0 Å². The summed E-state index contributed by atoms with van der Waals surface area (Å²) in [5, 5.41) is 36.4. The molecule has 5 rings (SSSR count). The number of halogens is 3. The maximum atomic E-state index is 14.2. The first kappa shape index (κ1) is 62.1. The quantitative estimate of drug-likeness (QED) is 0.159. The molecule has 24 heteroatoms. The highest BCUT2D eigenvalue weighted by Crippen LogP contribution is 2.36. The van der Waals surface area contributed by atoms with Crippen LogP contribution in [0.1, 0.15) is 83.1 Å². The molecule has 3 fully saturated rings. The largest absolute Gasteiger partial charge is 0.495 e. The van der Waals surface area contributed by atoms with E-state index in [1.54, 1.807) is 61.5 Å². The summed E-state index contributed by atoms with van der Waals surface area (Å²) in [7, 11) is 0.129. The number of nitrogens with one attached hydrogen (secondary N) is 2. The monoisotopic (exact) mass is 1040 g/mol. The van der Waals surface area contributed by atoms with Gasteiger partial charge in [-0.25, -0.2) is 25.6 Å². The van der Waals surface area contributed by atoms with E-state index in [9.17, 15) is 25.6 Å². The average Bonchev–Trinajstić information content (AvgIpc) is 3.39. The van der Waals surface area contributed by atoms with Crippen LogP contribution < -0.4 is 14.9 Å². The van der Waals surface area contributed by atoms with Crippen LogP contribution in [-0.4, -0.2) is 180 Å². The van der Waals surface area contributed by atoms with Crippen molar-refractivity contribution < 1.29 is 64.8 Å². The maximum absolute atomic E-state index is 14.2. The zero-order valence-corrected chi connectivity index (χ0v) is 43.8. The molecule has 4 radical (unpaired) electrons. The molecule has 0 unspecified atom stereocenters. The van der Waals surface area contributed by atoms with Crippen molar-refractivity contribution in [2.45, 2.75) is 117 Å². The van der Waals surface area contributed by atoms with Crippen LogP contribution in [-0.2, 0) is 38.8 Å². The molecule has 0 aromatic heterocycles. The summed E-state index contributed by atoms with van der Waals surface area (Å²) in [4.78, 5) is 4.06. The third-order valence-corrected chi connectivity index (χ3v) is 14.4. The second-order valence-electron chi connectivity index (χ2n) is 19.0. The Morgan fingerprint density at radius 1 is 0.621 bits per heavy atom. The highest BCUT2D eigenvalue weighted by Gasteiger charge is 2.52. The Balaban J connectivity index is 0.000000496. The van der Waals surface area contributed by atoms with Crippen molar-refractivity contribution in [3.05, 3.63) is 52.5 Å². The van der Waals surface area contributed by atoms with E-state index in [1.165, 1.54) is 18.2 Å². The lowest BCUT2D eigenvalue weighted by atomic mass is 9.79. The van der Waals surface area contributed by atoms with E-state index in [0.29, 0.717) is 62.5 Å². The minimum atomic E-state index is -3.62. The summed E-state index contributed by atoms with van der Waals surface area (Å²) in [5.41, 5.74) is -4.35. The summed E-state index contributed by atoms with van der Waals surface area (Å²) >= 11 is 3.13. The molecule has 0 aliphatic carbocycles. The molecule has 0 saturated carbocycles. The number of benzene rings is 2. The molecule has 6 N–H and O–H groups in total. The van der Waals surface area contributed by atoms with Crippen molar-refractivity contribution in [2.24, 2.45) is 0 Å². The van der Waals surface area contributed by atoms with Crippen LogP contribution in [0.2, 0.25) is 0 Å². The number of morpholine rings is 2. The van der Waals surface area contributed by atoms with E-state index in [0.717, 1.165) is 25.2 Å². The van der Waals surface area contributed by atoms with Gasteiger partial charge in [-0.15, -0.1) is 0 Å². The van der Waals surface area contributed by atoms with E-state index in [4.69, 9.17) is 39.2 Å². The van der Waals surface area contributed by atoms with Crippen molar-refractivity contribution in [1.82, 2.24) is 9.80 Å². The summed E-state index contributed by atoms with van der Waals surface area (Å²) in [5.74, 6) is -1.15. The minimum Gasteiger partial charge on any atom is -0.399 e. The normalized spacial score (nSPS) is 18.2. The van der Waals surface area contributed by atoms with Gasteiger partial charge in [-0.2, -0.15) is 0 Å². The number of rotatable bonds is 13. The Kier molecular flexibility index (Phi) is 24.3. The Morgan fingerprint density at radius 3 is 1.26 bits per heavy atom. The second-order valence-corrected chi connectivity index (χ2v) is 23.6. The van der Waals surface area contributed by atoms with Crippen LogP contribution in [0.4, 0.5) is 20.2 Å². The molecule has 3 heterocycles. The molecule has 16 nitrogen and oxygen atoms in total. The van der Waals surface area contributed by atoms with Gasteiger partial charge in [-0.3, -0.25) is 19.2 Å². The highest BCUT2D eigenvalue weighted by atomic mass is 79.9. The van der Waals surface area contributed by atoms with Crippen molar-refractivity contribution >= 4 is 75.4 Å². The number of hydrogen-bond acceptors (Lipinski definition) is 14. The lowest BCUT2D eigenvalue weighted by molar-refractivity contribution is -0.107. The number of aliphatic hydroxyl groups is 4. The fourth-order valence-corrected chi connectivity index (χ4v) is 7.63. The van der Waals surface area contributed by atoms with Gasteiger partial charge in [0.05, 0.1) is 82.9 Å². The number of sulfonamides is 2. The van der Waals surface area contributed by atoms with Crippen LogP contribution in [0, 0.1) is 11.6 Å². The molecule has 66 heavy (non-hydrogen) atoms. The summed E-state index contributed by atoms with van der Waals surface area (Å²) in [6.45, 7) is 26.4. The van der Waals surface area contributed by atoms with Gasteiger partial charge in [0.1, 0.15) is 11.6 Å². The van der Waals surface area contributed by atoms with Crippen molar-refractivity contribution in [2.75, 3.05) is 86.6 Å². The lowest BCUT2D eigenvalue weighted by Gasteiger charge is -2.32. The lowest BCUT2D eigenvalue weighted by Crippen LogP contribution is -2.44. The van der Waals surface area contributed by atoms with Gasteiger partial charge >= 0.3 is 7.12 Å². The molecule has 0 atom stereocenters. The summed E-state index contributed by atoms with van der Waals surface area (Å²) < 4.78 is 104. The first-order valence-electron chi connectivity index (χ1n) is 21.4. The predicted molar refractivity (Wildman–Crippen MR) is 262 cm³/mol. The average molecular weight is 1040 g/mol. The molecule has 0 spiro atoms. The molecule has 0 amide bonds. The smallest absolute Gasteiger partial charge is 0.399 e. The molecule has 3 aliphatic heterocycles. The van der Waals surface area contributed by atoms with E-state index in [-0.39, 0.29) is 22.9 Å². The Labute approximate surface area is 404 Å². The molecular weight excluding hydrogens is 967 g/mol. The van der Waals surface area contributed by atoms with Gasteiger partial charge in [-0.05, 0) is 125 Å². The highest BCUT2D eigenvalue weighted by molar-refractivity contribution is 9.10. The fraction of sp³-hybridized carbons (Fsp3) is 0.714. The number of anilines is 2. The van der Waals surface area contributed by atoms with Crippen LogP contribution in [0.3, 0.4) is 0 Å². The van der Waals surface area contributed by atoms with Crippen molar-refractivity contribution in [3.63, 3.8) is 0 Å². The van der Waals surface area contributed by atoms with E-state index in [2.05, 4.69) is 40.8 Å². The molecule has 374 valence electrons. The van der Waals surface area contributed by atoms with Crippen molar-refractivity contribution in [3.8, 4) is 0 Å². The van der Waals surface area contributed by atoms with E-state index < -0.39 is 72.4 Å². The Bertz CT molecular complexity index is 1920. The van der Waals surface area contributed by atoms with Gasteiger partial charge in [0.15, 0.2) is 0 Å². The predicted octanol–water partition coefficient (Wildman–Crippen LogP) is 3.16. The van der Waals surface area contributed by atoms with Gasteiger partial charge < -0.3 is 39.2 Å². The van der Waals surface area contributed by atoms with Gasteiger partial charge in [0, 0.05) is 59.2 Å². The number of nitrogens with zero attached hydrogens (tertiary/aromatic N) is 2. The van der Waals surface area contributed by atoms with Crippen LogP contribution in [0.15, 0.2) is 40.9 Å². The van der Waals surface area contributed by atoms with E-state index in [1.807, 2.05) is 37.5 Å². The Hall–Kier alpha value is -1.93. The van der Waals surface area contributed by atoms with Gasteiger partial charge in [-0.1, -0.05) is 15.9 Å². The Morgan fingerprint density at radius 2 is 0.939 bits per heavy atom. The van der Waals surface area contributed by atoms with Crippen molar-refractivity contribution in [1.29, 1.82) is 0 Å². The fourth-order valence-electron chi connectivity index (χ4n) is 5.01. The molecule has 2 aromatic rings. The minimum absolute atomic E-state index is 0.0267. The van der Waals surface area contributed by atoms with Crippen LogP contribution in [0.25, 0.3) is 0 Å².